The number of esters is 1. The van der Waals surface area contributed by atoms with E-state index in [-0.39, 0.29) is 5.75 Å². The van der Waals surface area contributed by atoms with Crippen LogP contribution < -0.4 is 30.3 Å². The lowest BCUT2D eigenvalue weighted by molar-refractivity contribution is -0.149. The quantitative estimate of drug-likeness (QED) is 0.127. The Morgan fingerprint density at radius 2 is 1.69 bits per heavy atom. The van der Waals surface area contributed by atoms with Gasteiger partial charge in [0.25, 0.3) is 5.56 Å². The van der Waals surface area contributed by atoms with Crippen LogP contribution in [0.2, 0.25) is 0 Å². The van der Waals surface area contributed by atoms with Gasteiger partial charge in [-0.1, -0.05) is 24.3 Å². The number of aliphatic hydroxyl groups excluding tert-OH is 1. The third-order valence-electron chi connectivity index (χ3n) is 7.23. The highest BCUT2D eigenvalue weighted by atomic mass is 31.2. The first-order valence-electron chi connectivity index (χ1n) is 14.9. The fraction of sp³-hybridized carbons (Fsp3) is 0.406. The number of nitrogens with one attached hydrogen (secondary N) is 2. The van der Waals surface area contributed by atoms with Crippen LogP contribution in [0.1, 0.15) is 45.0 Å². The minimum atomic E-state index is -4.45. The third-order valence-corrected chi connectivity index (χ3v) is 8.88. The normalized spacial score (nSPS) is 22.7. The van der Waals surface area contributed by atoms with Gasteiger partial charge < -0.3 is 28.6 Å². The van der Waals surface area contributed by atoms with E-state index in [4.69, 9.17) is 28.0 Å². The number of nitrogens with zero attached hydrogens (tertiary/aromatic N) is 1. The lowest BCUT2D eigenvalue weighted by Gasteiger charge is -2.25. The number of aromatic nitrogens is 2. The predicted octanol–water partition coefficient (Wildman–Crippen LogP) is 3.84. The molecule has 0 bridgehead atoms. The average molecular weight is 692 g/mol. The molecule has 2 aromatic carbocycles. The van der Waals surface area contributed by atoms with Crippen molar-refractivity contribution in [2.24, 2.45) is 0 Å². The molecule has 1 fully saturated rings. The van der Waals surface area contributed by atoms with E-state index < -0.39 is 67.8 Å². The number of carbonyl (C=O) groups is 1. The zero-order valence-corrected chi connectivity index (χ0v) is 28.1. The molecule has 260 valence electrons. The summed E-state index contributed by atoms with van der Waals surface area (Å²) in [5.41, 5.74) is -2.60. The number of ether oxygens (including phenoxy) is 4. The van der Waals surface area contributed by atoms with Crippen LogP contribution in [0.3, 0.4) is 0 Å². The van der Waals surface area contributed by atoms with E-state index in [1.807, 2.05) is 29.3 Å². The molecule has 16 heteroatoms. The fourth-order valence-electron chi connectivity index (χ4n) is 4.74. The maximum absolute atomic E-state index is 15.7. The van der Waals surface area contributed by atoms with Gasteiger partial charge in [0.15, 0.2) is 11.9 Å². The summed E-state index contributed by atoms with van der Waals surface area (Å²) in [7, 11) is -1.33. The zero-order chi connectivity index (χ0) is 35.2. The summed E-state index contributed by atoms with van der Waals surface area (Å²) < 4.78 is 63.3. The second kappa shape index (κ2) is 15.3. The van der Waals surface area contributed by atoms with E-state index in [9.17, 15) is 24.1 Å². The first-order valence-corrected chi connectivity index (χ1v) is 16.5. The molecule has 2 heterocycles. The second-order valence-corrected chi connectivity index (χ2v) is 13.1. The van der Waals surface area contributed by atoms with Crippen molar-refractivity contribution in [3.63, 3.8) is 0 Å². The first kappa shape index (κ1) is 36.6. The molecule has 48 heavy (non-hydrogen) atoms. The smallest absolute Gasteiger partial charge is 0.459 e. The van der Waals surface area contributed by atoms with Crippen LogP contribution in [0, 0.1) is 0 Å². The molecule has 4 rings (SSSR count). The lowest BCUT2D eigenvalue weighted by Crippen LogP contribution is -2.43. The van der Waals surface area contributed by atoms with Gasteiger partial charge in [-0.25, -0.2) is 13.8 Å². The summed E-state index contributed by atoms with van der Waals surface area (Å²) in [6.45, 7) is 5.02. The summed E-state index contributed by atoms with van der Waals surface area (Å²) >= 11 is 0. The summed E-state index contributed by atoms with van der Waals surface area (Å²) in [4.78, 5) is 38.3. The van der Waals surface area contributed by atoms with E-state index in [0.717, 1.165) is 34.9 Å². The Labute approximate surface area is 276 Å². The number of halogens is 1. The van der Waals surface area contributed by atoms with Gasteiger partial charge in [-0.15, -0.1) is 0 Å². The molecule has 6 atom stereocenters. The molecule has 0 spiro atoms. The van der Waals surface area contributed by atoms with Gasteiger partial charge in [0.05, 0.1) is 26.9 Å². The molecule has 0 amide bonds. The van der Waals surface area contributed by atoms with Crippen LogP contribution in [0.15, 0.2) is 64.3 Å². The molecule has 14 nitrogen and oxygen atoms in total. The summed E-state index contributed by atoms with van der Waals surface area (Å²) in [5.74, 6) is 0.606. The number of hydrogen-bond donors (Lipinski definition) is 3. The van der Waals surface area contributed by atoms with E-state index in [0.29, 0.717) is 11.5 Å². The van der Waals surface area contributed by atoms with Crippen LogP contribution in [0.4, 0.5) is 4.39 Å². The highest BCUT2D eigenvalue weighted by Crippen LogP contribution is 2.47. The molecule has 3 aromatic rings. The number of alkyl halides is 1. The van der Waals surface area contributed by atoms with Crippen LogP contribution in [0.25, 0.3) is 12.2 Å². The van der Waals surface area contributed by atoms with Crippen LogP contribution in [-0.4, -0.2) is 71.5 Å². The molecular weight excluding hydrogens is 652 g/mol. The van der Waals surface area contributed by atoms with Crippen molar-refractivity contribution < 1.29 is 46.9 Å². The molecule has 1 aliphatic heterocycles. The molecule has 1 aliphatic rings. The Morgan fingerprint density at radius 3 is 2.27 bits per heavy atom. The van der Waals surface area contributed by atoms with E-state index in [1.54, 1.807) is 46.3 Å². The molecule has 0 radical (unpaired) electrons. The van der Waals surface area contributed by atoms with E-state index in [2.05, 4.69) is 5.09 Å². The maximum atomic E-state index is 15.7. The maximum Gasteiger partial charge on any atom is 0.459 e. The van der Waals surface area contributed by atoms with Gasteiger partial charge in [0.2, 0.25) is 0 Å². The van der Waals surface area contributed by atoms with Crippen molar-refractivity contribution in [3.8, 4) is 17.2 Å². The van der Waals surface area contributed by atoms with Crippen molar-refractivity contribution in [1.29, 1.82) is 0 Å². The fourth-order valence-corrected chi connectivity index (χ4v) is 6.25. The van der Waals surface area contributed by atoms with E-state index in [1.165, 1.54) is 19.1 Å². The van der Waals surface area contributed by atoms with Crippen LogP contribution in [0.5, 0.6) is 17.2 Å². The molecule has 0 aliphatic carbocycles. The van der Waals surface area contributed by atoms with Gasteiger partial charge >= 0.3 is 19.4 Å². The molecular formula is C32H39FN3O11P. The van der Waals surface area contributed by atoms with Crippen molar-refractivity contribution in [1.82, 2.24) is 14.6 Å². The predicted molar refractivity (Wildman–Crippen MR) is 174 cm³/mol. The minimum absolute atomic E-state index is 0.0938. The summed E-state index contributed by atoms with van der Waals surface area (Å²) in [5, 5.41) is 13.3. The Balaban J connectivity index is 1.53. The number of aromatic amines is 1. The van der Waals surface area contributed by atoms with Gasteiger partial charge in [-0.05, 0) is 63.1 Å². The van der Waals surface area contributed by atoms with Gasteiger partial charge in [0.1, 0.15) is 35.5 Å². The topological polar surface area (TPSA) is 177 Å². The SMILES string of the molecule is COc1cc(/C=C/c2ccc(OP(=O)(N[C@@H](C)C(=O)OC(C)C)OC[C@H]3O[C@@H](n4ccc(=O)[nH]c4=O)[C@](C)(F)[C@@H]3O)cc2)cc(OC)c1. The summed E-state index contributed by atoms with van der Waals surface area (Å²) in [6.07, 6.45) is -0.705. The number of benzene rings is 2. The molecule has 1 unspecified atom stereocenters. The first-order chi connectivity index (χ1) is 22.6. The molecule has 3 N–H and O–H groups in total. The van der Waals surface area contributed by atoms with Gasteiger partial charge in [0, 0.05) is 18.3 Å². The second-order valence-electron chi connectivity index (χ2n) is 11.4. The number of aliphatic hydroxyl groups is 1. The lowest BCUT2D eigenvalue weighted by atomic mass is 9.98. The molecule has 0 saturated carbocycles. The number of carbonyl (C=O) groups excluding carboxylic acids is 1. The number of H-pyrrole nitrogens is 1. The van der Waals surface area contributed by atoms with Crippen molar-refractivity contribution in [3.05, 3.63) is 86.7 Å². The van der Waals surface area contributed by atoms with Crippen molar-refractivity contribution in [2.45, 2.75) is 63.9 Å². The zero-order valence-electron chi connectivity index (χ0n) is 27.2. The third kappa shape index (κ3) is 8.99. The summed E-state index contributed by atoms with van der Waals surface area (Å²) in [6, 6.07) is 11.7. The van der Waals surface area contributed by atoms with Gasteiger partial charge in [-0.2, -0.15) is 5.09 Å². The standard InChI is InChI=1S/C32H39FN3O11P/c1-19(2)45-29(39)20(3)35-48(41,44-18-26-28(38)32(4,33)30(46-26)36-14-13-27(37)34-31(36)40)47-23-11-9-21(10-12-23)7-8-22-15-24(42-5)17-25(16-22)43-6/h7-17,19-20,26,28,30,38H,18H2,1-6H3,(H,35,41)(H,34,37,40)/b8-7+/t20-,26+,28+,30+,32+,48?/m0/s1. The monoisotopic (exact) mass is 691 g/mol. The van der Waals surface area contributed by atoms with Crippen molar-refractivity contribution >= 4 is 25.9 Å². The van der Waals surface area contributed by atoms with Crippen LogP contribution >= 0.6 is 7.75 Å². The number of hydrogen-bond acceptors (Lipinski definition) is 11. The highest BCUT2D eigenvalue weighted by Gasteiger charge is 2.56. The Bertz CT molecular complexity index is 1750. The Kier molecular flexibility index (Phi) is 11.7. The Hall–Kier alpha value is -4.27. The van der Waals surface area contributed by atoms with E-state index >= 15 is 4.39 Å². The van der Waals surface area contributed by atoms with Crippen molar-refractivity contribution in [2.75, 3.05) is 20.8 Å². The number of rotatable bonds is 14. The van der Waals surface area contributed by atoms with Gasteiger partial charge in [-0.3, -0.25) is 23.7 Å². The average Bonchev–Trinajstić information content (AvgIpc) is 3.26. The largest absolute Gasteiger partial charge is 0.497 e. The molecule has 1 aromatic heterocycles. The Morgan fingerprint density at radius 1 is 1.06 bits per heavy atom. The van der Waals surface area contributed by atoms with Crippen LogP contribution in [-0.2, 0) is 23.4 Å². The minimum Gasteiger partial charge on any atom is -0.497 e. The highest BCUT2D eigenvalue weighted by molar-refractivity contribution is 7.52. The number of methoxy groups -OCH3 is 2. The molecule has 1 saturated heterocycles.